The van der Waals surface area contributed by atoms with Gasteiger partial charge >= 0.3 is 0 Å². The van der Waals surface area contributed by atoms with Crippen molar-refractivity contribution in [2.75, 3.05) is 5.32 Å². The summed E-state index contributed by atoms with van der Waals surface area (Å²) in [5.74, 6) is -0.138. The molecule has 0 aliphatic carbocycles. The molecule has 0 fully saturated rings. The highest BCUT2D eigenvalue weighted by Gasteiger charge is 2.08. The van der Waals surface area contributed by atoms with Crippen molar-refractivity contribution in [3.63, 3.8) is 0 Å². The van der Waals surface area contributed by atoms with Crippen molar-refractivity contribution in [2.24, 2.45) is 0 Å². The minimum atomic E-state index is -0.321. The maximum Gasteiger partial charge on any atom is 0.292 e. The van der Waals surface area contributed by atoms with Crippen molar-refractivity contribution in [2.45, 2.75) is 6.54 Å². The van der Waals surface area contributed by atoms with Gasteiger partial charge in [-0.2, -0.15) is 10.2 Å². The molecule has 0 spiro atoms. The summed E-state index contributed by atoms with van der Waals surface area (Å²) in [7, 11) is 0. The first-order valence-electron chi connectivity index (χ1n) is 6.04. The summed E-state index contributed by atoms with van der Waals surface area (Å²) in [6, 6.07) is 9.45. The number of rotatable bonds is 4. The van der Waals surface area contributed by atoms with Gasteiger partial charge in [0.05, 0.1) is 6.54 Å². The predicted octanol–water partition coefficient (Wildman–Crippen LogP) is 1.30. The van der Waals surface area contributed by atoms with Crippen LogP contribution in [0.2, 0.25) is 0 Å². The van der Waals surface area contributed by atoms with Gasteiger partial charge in [0.1, 0.15) is 6.33 Å². The molecule has 2 heterocycles. The fourth-order valence-corrected chi connectivity index (χ4v) is 1.83. The molecular formula is C13H12N6O. The van der Waals surface area contributed by atoms with Gasteiger partial charge in [-0.15, -0.1) is 0 Å². The largest absolute Gasteiger partial charge is 0.319 e. The molecule has 0 bridgehead atoms. The molecule has 1 amide bonds. The summed E-state index contributed by atoms with van der Waals surface area (Å²) in [5.41, 5.74) is 1.75. The number of nitrogens with zero attached hydrogens (tertiary/aromatic N) is 4. The van der Waals surface area contributed by atoms with E-state index < -0.39 is 0 Å². The maximum absolute atomic E-state index is 11.8. The van der Waals surface area contributed by atoms with E-state index in [0.29, 0.717) is 12.2 Å². The third-order valence-electron chi connectivity index (χ3n) is 2.72. The fourth-order valence-electron chi connectivity index (χ4n) is 1.83. The Morgan fingerprint density at radius 3 is 3.05 bits per heavy atom. The average Bonchev–Trinajstić information content (AvgIpc) is 3.12. The summed E-state index contributed by atoms with van der Waals surface area (Å²) in [5, 5.41) is 13.1. The van der Waals surface area contributed by atoms with E-state index in [2.05, 4.69) is 25.6 Å². The third kappa shape index (κ3) is 2.72. The summed E-state index contributed by atoms with van der Waals surface area (Å²) in [6.07, 6.45) is 4.92. The van der Waals surface area contributed by atoms with Crippen LogP contribution < -0.4 is 5.32 Å². The lowest BCUT2D eigenvalue weighted by atomic mass is 10.2. The molecule has 3 rings (SSSR count). The topological polar surface area (TPSA) is 88.5 Å². The highest BCUT2D eigenvalue weighted by Crippen LogP contribution is 2.12. The number of hydrogen-bond donors (Lipinski definition) is 2. The molecule has 0 aliphatic heterocycles. The molecule has 0 unspecified atom stereocenters. The Balaban J connectivity index is 1.73. The summed E-state index contributed by atoms with van der Waals surface area (Å²) in [6.45, 7) is 0.652. The van der Waals surface area contributed by atoms with Crippen molar-refractivity contribution in [3.8, 4) is 0 Å². The first-order valence-corrected chi connectivity index (χ1v) is 6.04. The van der Waals surface area contributed by atoms with E-state index in [4.69, 9.17) is 0 Å². The second kappa shape index (κ2) is 5.35. The second-order valence-corrected chi connectivity index (χ2v) is 4.19. The van der Waals surface area contributed by atoms with Crippen molar-refractivity contribution in [1.29, 1.82) is 0 Å². The Labute approximate surface area is 114 Å². The van der Waals surface area contributed by atoms with E-state index in [-0.39, 0.29) is 11.7 Å². The second-order valence-electron chi connectivity index (χ2n) is 4.19. The minimum absolute atomic E-state index is 0.183. The van der Waals surface area contributed by atoms with E-state index in [1.54, 1.807) is 6.20 Å². The molecule has 100 valence electrons. The number of H-pyrrole nitrogens is 1. The Bertz CT molecular complexity index is 689. The van der Waals surface area contributed by atoms with Crippen molar-refractivity contribution < 1.29 is 4.79 Å². The number of carbonyl (C=O) groups excluding carboxylic acids is 1. The van der Waals surface area contributed by atoms with E-state index in [1.807, 2.05) is 41.2 Å². The number of aromatic amines is 1. The zero-order valence-corrected chi connectivity index (χ0v) is 10.5. The molecule has 1 aromatic carbocycles. The number of anilines is 1. The smallest absolute Gasteiger partial charge is 0.292 e. The van der Waals surface area contributed by atoms with Crippen LogP contribution >= 0.6 is 0 Å². The monoisotopic (exact) mass is 268 g/mol. The normalized spacial score (nSPS) is 10.4. The highest BCUT2D eigenvalue weighted by molar-refractivity contribution is 6.01. The lowest BCUT2D eigenvalue weighted by Crippen LogP contribution is -2.14. The van der Waals surface area contributed by atoms with Gasteiger partial charge in [-0.1, -0.05) is 12.1 Å². The standard InChI is InChI=1S/C13H12N6O/c20-13(12-14-9-15-18-12)17-11-4-1-3-10(7-11)8-19-6-2-5-16-19/h1-7,9H,8H2,(H,17,20)(H,14,15,18). The first kappa shape index (κ1) is 12.1. The molecule has 0 aliphatic rings. The molecule has 0 radical (unpaired) electrons. The van der Waals surface area contributed by atoms with Gasteiger partial charge in [0.25, 0.3) is 5.91 Å². The van der Waals surface area contributed by atoms with E-state index in [1.165, 1.54) is 6.33 Å². The molecule has 0 saturated heterocycles. The summed E-state index contributed by atoms with van der Waals surface area (Å²) >= 11 is 0. The Hall–Kier alpha value is -2.96. The number of aromatic nitrogens is 5. The Morgan fingerprint density at radius 1 is 1.35 bits per heavy atom. The van der Waals surface area contributed by atoms with Gasteiger partial charge in [-0.25, -0.2) is 4.98 Å². The zero-order valence-electron chi connectivity index (χ0n) is 10.5. The van der Waals surface area contributed by atoms with Crippen molar-refractivity contribution in [1.82, 2.24) is 25.0 Å². The number of carbonyl (C=O) groups is 1. The first-order chi connectivity index (χ1) is 9.81. The SMILES string of the molecule is O=C(Nc1cccc(Cn2cccn2)c1)c1ncn[nH]1. The van der Waals surface area contributed by atoms with Crippen LogP contribution in [0.4, 0.5) is 5.69 Å². The Morgan fingerprint density at radius 2 is 2.30 bits per heavy atom. The summed E-state index contributed by atoms with van der Waals surface area (Å²) in [4.78, 5) is 15.6. The molecule has 2 aromatic heterocycles. The molecule has 7 heteroatoms. The van der Waals surface area contributed by atoms with Gasteiger partial charge in [0.15, 0.2) is 0 Å². The maximum atomic E-state index is 11.8. The van der Waals surface area contributed by atoms with Gasteiger partial charge in [0, 0.05) is 18.1 Å². The molecule has 0 saturated carbocycles. The number of benzene rings is 1. The molecule has 2 N–H and O–H groups in total. The van der Waals surface area contributed by atoms with E-state index >= 15 is 0 Å². The quantitative estimate of drug-likeness (QED) is 0.746. The minimum Gasteiger partial charge on any atom is -0.319 e. The van der Waals surface area contributed by atoms with Gasteiger partial charge in [0.2, 0.25) is 5.82 Å². The zero-order chi connectivity index (χ0) is 13.8. The Kier molecular flexibility index (Phi) is 3.24. The van der Waals surface area contributed by atoms with Crippen molar-refractivity contribution >= 4 is 11.6 Å². The van der Waals surface area contributed by atoms with Crippen LogP contribution in [0.1, 0.15) is 16.2 Å². The molecule has 0 atom stereocenters. The lowest BCUT2D eigenvalue weighted by Gasteiger charge is -2.06. The third-order valence-corrected chi connectivity index (χ3v) is 2.72. The summed E-state index contributed by atoms with van der Waals surface area (Å²) < 4.78 is 1.82. The number of nitrogens with one attached hydrogen (secondary N) is 2. The highest BCUT2D eigenvalue weighted by atomic mass is 16.2. The van der Waals surface area contributed by atoms with Crippen LogP contribution in [-0.4, -0.2) is 30.9 Å². The van der Waals surface area contributed by atoms with Crippen LogP contribution in [0, 0.1) is 0 Å². The predicted molar refractivity (Wildman–Crippen MR) is 72.1 cm³/mol. The van der Waals surface area contributed by atoms with Gasteiger partial charge in [-0.3, -0.25) is 14.6 Å². The molecular weight excluding hydrogens is 256 g/mol. The van der Waals surface area contributed by atoms with E-state index in [0.717, 1.165) is 5.56 Å². The number of amides is 1. The van der Waals surface area contributed by atoms with Gasteiger partial charge in [-0.05, 0) is 23.8 Å². The average molecular weight is 268 g/mol. The van der Waals surface area contributed by atoms with E-state index in [9.17, 15) is 4.79 Å². The fraction of sp³-hybridized carbons (Fsp3) is 0.0769. The van der Waals surface area contributed by atoms with Crippen LogP contribution in [0.5, 0.6) is 0 Å². The molecule has 20 heavy (non-hydrogen) atoms. The number of hydrogen-bond acceptors (Lipinski definition) is 4. The molecule has 3 aromatic rings. The van der Waals surface area contributed by atoms with Crippen LogP contribution in [-0.2, 0) is 6.54 Å². The van der Waals surface area contributed by atoms with Crippen molar-refractivity contribution in [3.05, 3.63) is 60.4 Å². The van der Waals surface area contributed by atoms with Gasteiger partial charge < -0.3 is 5.32 Å². The van der Waals surface area contributed by atoms with Crippen LogP contribution in [0.3, 0.4) is 0 Å². The van der Waals surface area contributed by atoms with Crippen LogP contribution in [0.15, 0.2) is 49.1 Å². The van der Waals surface area contributed by atoms with Crippen LogP contribution in [0.25, 0.3) is 0 Å². The molecule has 7 nitrogen and oxygen atoms in total. The lowest BCUT2D eigenvalue weighted by molar-refractivity contribution is 0.101.